The molecule has 0 spiro atoms. The van der Waals surface area contributed by atoms with E-state index in [4.69, 9.17) is 5.73 Å². The molecule has 0 fully saturated rings. The van der Waals surface area contributed by atoms with E-state index in [9.17, 15) is 26.0 Å². The first kappa shape index (κ1) is 23.1. The zero-order valence-electron chi connectivity index (χ0n) is 13.5. The predicted octanol–water partition coefficient (Wildman–Crippen LogP) is 3.26. The molecule has 1 unspecified atom stereocenters. The van der Waals surface area contributed by atoms with Crippen molar-refractivity contribution in [3.05, 3.63) is 29.6 Å². The van der Waals surface area contributed by atoms with Gasteiger partial charge in [-0.2, -0.15) is 13.2 Å². The molecule has 1 aromatic carbocycles. The summed E-state index contributed by atoms with van der Waals surface area (Å²) in [5.41, 5.74) is 4.30. The molecular weight excluding hydrogens is 372 g/mol. The summed E-state index contributed by atoms with van der Waals surface area (Å²) in [6.45, 7) is 3.69. The summed E-state index contributed by atoms with van der Waals surface area (Å²) >= 11 is 0. The normalized spacial score (nSPS) is 13.9. The van der Waals surface area contributed by atoms with Crippen molar-refractivity contribution in [2.75, 3.05) is 13.6 Å². The molecule has 0 amide bonds. The molecule has 0 saturated carbocycles. The molecule has 0 bridgehead atoms. The van der Waals surface area contributed by atoms with E-state index in [1.54, 1.807) is 0 Å². The molecule has 0 radical (unpaired) electrons. The molecule has 0 aliphatic carbocycles. The zero-order valence-corrected chi connectivity index (χ0v) is 15.1. The first-order valence-electron chi connectivity index (χ1n) is 6.96. The van der Waals surface area contributed by atoms with Crippen LogP contribution in [0.25, 0.3) is 0 Å². The van der Waals surface area contributed by atoms with E-state index in [2.05, 4.69) is 0 Å². The van der Waals surface area contributed by atoms with Crippen LogP contribution >= 0.6 is 12.4 Å². The van der Waals surface area contributed by atoms with Gasteiger partial charge in [0.25, 0.3) is 0 Å². The minimum atomic E-state index is -4.97. The number of sulfonamides is 1. The highest BCUT2D eigenvalue weighted by molar-refractivity contribution is 7.89. The number of benzene rings is 1. The fraction of sp³-hybridized carbons (Fsp3) is 0.571. The van der Waals surface area contributed by atoms with E-state index in [1.807, 2.05) is 13.8 Å². The molecular formula is C14H21ClF4N2O2S. The van der Waals surface area contributed by atoms with Gasteiger partial charge in [0.1, 0.15) is 5.82 Å². The van der Waals surface area contributed by atoms with Crippen molar-refractivity contribution in [1.82, 2.24) is 4.31 Å². The zero-order chi connectivity index (χ0) is 18.0. The van der Waals surface area contributed by atoms with E-state index in [0.717, 1.165) is 4.31 Å². The quantitative estimate of drug-likeness (QED) is 0.756. The fourth-order valence-electron chi connectivity index (χ4n) is 1.90. The summed E-state index contributed by atoms with van der Waals surface area (Å²) in [7, 11) is -3.23. The van der Waals surface area contributed by atoms with Crippen LogP contribution in [-0.4, -0.2) is 32.4 Å². The number of nitrogens with two attached hydrogens (primary N) is 1. The molecule has 24 heavy (non-hydrogen) atoms. The smallest absolute Gasteiger partial charge is 0.327 e. The Morgan fingerprint density at radius 1 is 1.25 bits per heavy atom. The van der Waals surface area contributed by atoms with Crippen LogP contribution in [0.2, 0.25) is 0 Å². The molecule has 1 rings (SSSR count). The summed E-state index contributed by atoms with van der Waals surface area (Å²) in [6, 6.07) is 1.23. The topological polar surface area (TPSA) is 63.4 Å². The molecule has 140 valence electrons. The van der Waals surface area contributed by atoms with E-state index < -0.39 is 32.5 Å². The van der Waals surface area contributed by atoms with Crippen molar-refractivity contribution in [2.24, 2.45) is 11.7 Å². The minimum absolute atomic E-state index is 0. The lowest BCUT2D eigenvalue weighted by Gasteiger charge is -2.23. The Balaban J connectivity index is 0.00000529. The van der Waals surface area contributed by atoms with Gasteiger partial charge in [0.05, 0.1) is 10.5 Å². The Morgan fingerprint density at radius 3 is 2.25 bits per heavy atom. The Hall–Kier alpha value is -0.900. The van der Waals surface area contributed by atoms with Gasteiger partial charge in [0.15, 0.2) is 0 Å². The third kappa shape index (κ3) is 5.58. The van der Waals surface area contributed by atoms with Crippen molar-refractivity contribution in [1.29, 1.82) is 0 Å². The van der Waals surface area contributed by atoms with Crippen LogP contribution in [0.3, 0.4) is 0 Å². The van der Waals surface area contributed by atoms with Crippen LogP contribution in [0.5, 0.6) is 0 Å². The second-order valence-electron chi connectivity index (χ2n) is 5.66. The summed E-state index contributed by atoms with van der Waals surface area (Å²) in [4.78, 5) is -0.966. The van der Waals surface area contributed by atoms with Crippen molar-refractivity contribution < 1.29 is 26.0 Å². The predicted molar refractivity (Wildman–Crippen MR) is 85.9 cm³/mol. The van der Waals surface area contributed by atoms with Crippen LogP contribution < -0.4 is 5.73 Å². The maximum absolute atomic E-state index is 13.1. The van der Waals surface area contributed by atoms with Crippen LogP contribution in [0.15, 0.2) is 23.1 Å². The Labute approximate surface area is 145 Å². The molecule has 4 nitrogen and oxygen atoms in total. The van der Waals surface area contributed by atoms with E-state index >= 15 is 0 Å². The second-order valence-corrected chi connectivity index (χ2v) is 7.67. The summed E-state index contributed by atoms with van der Waals surface area (Å²) < 4.78 is 77.5. The third-order valence-electron chi connectivity index (χ3n) is 3.57. The Morgan fingerprint density at radius 2 is 1.79 bits per heavy atom. The number of hydrogen-bond acceptors (Lipinski definition) is 3. The van der Waals surface area contributed by atoms with Crippen LogP contribution in [0.4, 0.5) is 17.6 Å². The highest BCUT2D eigenvalue weighted by Crippen LogP contribution is 2.35. The molecule has 0 aromatic heterocycles. The first-order chi connectivity index (χ1) is 10.4. The number of hydrogen-bond donors (Lipinski definition) is 1. The van der Waals surface area contributed by atoms with Gasteiger partial charge in [0, 0.05) is 19.6 Å². The highest BCUT2D eigenvalue weighted by Gasteiger charge is 2.38. The Bertz CT molecular complexity index is 651. The molecule has 0 aliphatic heterocycles. The largest absolute Gasteiger partial charge is 0.417 e. The average Bonchev–Trinajstić information content (AvgIpc) is 2.42. The monoisotopic (exact) mass is 392 g/mol. The molecule has 1 atom stereocenters. The molecule has 10 heteroatoms. The number of halogens is 5. The Kier molecular flexibility index (Phi) is 8.14. The molecule has 0 aliphatic rings. The summed E-state index contributed by atoms with van der Waals surface area (Å²) in [5.74, 6) is -1.04. The molecule has 0 heterocycles. The minimum Gasteiger partial charge on any atom is -0.327 e. The summed E-state index contributed by atoms with van der Waals surface area (Å²) in [6.07, 6.45) is -4.67. The van der Waals surface area contributed by atoms with Gasteiger partial charge in [-0.25, -0.2) is 17.1 Å². The van der Waals surface area contributed by atoms with Crippen LogP contribution in [0, 0.1) is 11.7 Å². The molecule has 1 aromatic rings. The number of alkyl halides is 3. The molecule has 0 saturated heterocycles. The van der Waals surface area contributed by atoms with E-state index in [0.29, 0.717) is 18.6 Å². The SMILES string of the molecule is CC(C)C(N)CCN(C)S(=O)(=O)c1ccc(F)cc1C(F)(F)F.Cl. The van der Waals surface area contributed by atoms with Gasteiger partial charge in [-0.05, 0) is 30.5 Å². The van der Waals surface area contributed by atoms with Crippen molar-refractivity contribution in [3.63, 3.8) is 0 Å². The van der Waals surface area contributed by atoms with Crippen LogP contribution in [0.1, 0.15) is 25.8 Å². The van der Waals surface area contributed by atoms with E-state index in [-0.39, 0.29) is 37.0 Å². The number of rotatable bonds is 6. The maximum atomic E-state index is 13.1. The lowest BCUT2D eigenvalue weighted by molar-refractivity contribution is -0.140. The highest BCUT2D eigenvalue weighted by atomic mass is 35.5. The lowest BCUT2D eigenvalue weighted by Crippen LogP contribution is -2.35. The van der Waals surface area contributed by atoms with Crippen molar-refractivity contribution in [2.45, 2.75) is 37.4 Å². The second kappa shape index (κ2) is 8.46. The van der Waals surface area contributed by atoms with Crippen molar-refractivity contribution in [3.8, 4) is 0 Å². The average molecular weight is 393 g/mol. The van der Waals surface area contributed by atoms with Crippen LogP contribution in [-0.2, 0) is 16.2 Å². The van der Waals surface area contributed by atoms with Crippen molar-refractivity contribution >= 4 is 22.4 Å². The summed E-state index contributed by atoms with van der Waals surface area (Å²) in [5, 5.41) is 0. The lowest BCUT2D eigenvalue weighted by atomic mass is 10.0. The van der Waals surface area contributed by atoms with Gasteiger partial charge in [-0.1, -0.05) is 13.8 Å². The van der Waals surface area contributed by atoms with Gasteiger partial charge >= 0.3 is 6.18 Å². The first-order valence-corrected chi connectivity index (χ1v) is 8.40. The van der Waals surface area contributed by atoms with Gasteiger partial charge in [0.2, 0.25) is 10.0 Å². The third-order valence-corrected chi connectivity index (χ3v) is 5.48. The van der Waals surface area contributed by atoms with E-state index in [1.165, 1.54) is 7.05 Å². The van der Waals surface area contributed by atoms with Gasteiger partial charge < -0.3 is 5.73 Å². The fourth-order valence-corrected chi connectivity index (χ4v) is 3.28. The standard InChI is InChI=1S/C14H20F4N2O2S.ClH/c1-9(2)12(19)6-7-20(3)23(21,22)13-5-4-10(15)8-11(13)14(16,17)18;/h4-5,8-9,12H,6-7,19H2,1-3H3;1H. The molecule has 2 N–H and O–H groups in total. The van der Waals surface area contributed by atoms with Gasteiger partial charge in [-0.3, -0.25) is 0 Å². The maximum Gasteiger partial charge on any atom is 0.417 e. The van der Waals surface area contributed by atoms with Gasteiger partial charge in [-0.15, -0.1) is 12.4 Å². The number of nitrogens with zero attached hydrogens (tertiary/aromatic N) is 1.